The van der Waals surface area contributed by atoms with Gasteiger partial charge in [0, 0.05) is 15.3 Å². The lowest BCUT2D eigenvalue weighted by atomic mass is 9.81. The van der Waals surface area contributed by atoms with Crippen LogP contribution in [0.4, 0.5) is 5.69 Å². The van der Waals surface area contributed by atoms with Gasteiger partial charge in [-0.1, -0.05) is 44.0 Å². The van der Waals surface area contributed by atoms with Gasteiger partial charge in [0.2, 0.25) is 17.7 Å². The number of anilines is 1. The van der Waals surface area contributed by atoms with E-state index in [9.17, 15) is 14.4 Å². The zero-order valence-corrected chi connectivity index (χ0v) is 17.7. The summed E-state index contributed by atoms with van der Waals surface area (Å²) >= 11 is 7.35. The molecule has 5 nitrogen and oxygen atoms in total. The third-order valence-corrected chi connectivity index (χ3v) is 9.28. The highest BCUT2D eigenvalue weighted by Gasteiger charge is 2.67. The van der Waals surface area contributed by atoms with E-state index in [1.54, 1.807) is 13.0 Å². The third kappa shape index (κ3) is 2.58. The molecule has 2 bridgehead atoms. The second-order valence-electron chi connectivity index (χ2n) is 7.59. The molecule has 1 heterocycles. The van der Waals surface area contributed by atoms with Crippen LogP contribution in [-0.2, 0) is 14.4 Å². The first kappa shape index (κ1) is 18.2. The molecule has 26 heavy (non-hydrogen) atoms. The SMILES string of the molecule is Cc1cccc(NC(=O)[C@H](C)N2C(=O)[C@H]3[C@@H]4C[C@H]([C@@H](Br)[C@H]4Br)[C@@H]3C2=O)c1. The summed E-state index contributed by atoms with van der Waals surface area (Å²) in [4.78, 5) is 40.2. The number of carbonyl (C=O) groups excluding carboxylic acids is 3. The van der Waals surface area contributed by atoms with Gasteiger partial charge in [-0.3, -0.25) is 19.3 Å². The van der Waals surface area contributed by atoms with Crippen molar-refractivity contribution in [1.82, 2.24) is 4.90 Å². The van der Waals surface area contributed by atoms with Gasteiger partial charge in [-0.25, -0.2) is 0 Å². The predicted octanol–water partition coefficient (Wildman–Crippen LogP) is 3.10. The molecule has 0 spiro atoms. The number of hydrogen-bond acceptors (Lipinski definition) is 3. The van der Waals surface area contributed by atoms with Crippen molar-refractivity contribution in [3.8, 4) is 0 Å². The summed E-state index contributed by atoms with van der Waals surface area (Å²) in [5, 5.41) is 2.82. The van der Waals surface area contributed by atoms with Gasteiger partial charge in [0.05, 0.1) is 11.8 Å². The van der Waals surface area contributed by atoms with E-state index in [0.717, 1.165) is 12.0 Å². The van der Waals surface area contributed by atoms with Crippen LogP contribution in [-0.4, -0.2) is 38.3 Å². The molecule has 4 rings (SSSR count). The molecule has 1 N–H and O–H groups in total. The molecule has 3 fully saturated rings. The van der Waals surface area contributed by atoms with Gasteiger partial charge in [-0.2, -0.15) is 0 Å². The van der Waals surface area contributed by atoms with Crippen LogP contribution >= 0.6 is 31.9 Å². The fourth-order valence-corrected chi connectivity index (χ4v) is 6.71. The average Bonchev–Trinajstić information content (AvgIpc) is 3.19. The Bertz CT molecular complexity index is 767. The van der Waals surface area contributed by atoms with Crippen molar-refractivity contribution in [2.24, 2.45) is 23.7 Å². The highest BCUT2D eigenvalue weighted by molar-refractivity contribution is 9.12. The van der Waals surface area contributed by atoms with Crippen molar-refractivity contribution >= 4 is 55.3 Å². The lowest BCUT2D eigenvalue weighted by molar-refractivity contribution is -0.146. The number of hydrogen-bond donors (Lipinski definition) is 1. The molecule has 3 aliphatic rings. The molecule has 0 aromatic heterocycles. The third-order valence-electron chi connectivity index (χ3n) is 6.07. The second-order valence-corrected chi connectivity index (χ2v) is 9.70. The molecule has 1 aromatic rings. The number of alkyl halides is 2. The minimum atomic E-state index is -0.817. The zero-order chi connectivity index (χ0) is 18.7. The zero-order valence-electron chi connectivity index (χ0n) is 14.5. The van der Waals surface area contributed by atoms with Gasteiger partial charge in [0.1, 0.15) is 6.04 Å². The molecule has 138 valence electrons. The standard InChI is InChI=1S/C19H20Br2N2O3/c1-8-4-3-5-10(6-8)22-17(24)9(2)23-18(25)13-11-7-12(14(13)19(23)26)16(21)15(11)20/h3-6,9,11-16H,7H2,1-2H3,(H,22,24)/t9-,11-,12-,13-,14-,15-,16+/m0/s1. The Morgan fingerprint density at radius 1 is 1.15 bits per heavy atom. The molecule has 2 aliphatic carbocycles. The topological polar surface area (TPSA) is 66.5 Å². The van der Waals surface area contributed by atoms with E-state index in [0.29, 0.717) is 5.69 Å². The number of likely N-dealkylation sites (tertiary alicyclic amines) is 1. The fraction of sp³-hybridized carbons (Fsp3) is 0.526. The van der Waals surface area contributed by atoms with E-state index in [1.807, 2.05) is 25.1 Å². The van der Waals surface area contributed by atoms with E-state index in [-0.39, 0.29) is 51.0 Å². The molecule has 7 atom stereocenters. The van der Waals surface area contributed by atoms with E-state index >= 15 is 0 Å². The maximum Gasteiger partial charge on any atom is 0.247 e. The van der Waals surface area contributed by atoms with Crippen LogP contribution in [0.25, 0.3) is 0 Å². The predicted molar refractivity (Wildman–Crippen MR) is 105 cm³/mol. The molecule has 2 saturated carbocycles. The Balaban J connectivity index is 1.54. The van der Waals surface area contributed by atoms with Crippen molar-refractivity contribution in [1.29, 1.82) is 0 Å². The Kier molecular flexibility index (Phi) is 4.50. The van der Waals surface area contributed by atoms with Gasteiger partial charge in [-0.05, 0) is 49.8 Å². The van der Waals surface area contributed by atoms with Gasteiger partial charge < -0.3 is 5.32 Å². The summed E-state index contributed by atoms with van der Waals surface area (Å²) in [5.41, 5.74) is 1.70. The van der Waals surface area contributed by atoms with Gasteiger partial charge in [0.25, 0.3) is 0 Å². The smallest absolute Gasteiger partial charge is 0.247 e. The lowest BCUT2D eigenvalue weighted by Crippen LogP contribution is -2.46. The quantitative estimate of drug-likeness (QED) is 0.530. The van der Waals surface area contributed by atoms with E-state index < -0.39 is 6.04 Å². The number of aryl methyl sites for hydroxylation is 1. The number of nitrogens with one attached hydrogen (secondary N) is 1. The molecule has 0 unspecified atom stereocenters. The normalized spacial score (nSPS) is 36.4. The van der Waals surface area contributed by atoms with Gasteiger partial charge in [-0.15, -0.1) is 0 Å². The highest BCUT2D eigenvalue weighted by Crippen LogP contribution is 2.60. The lowest BCUT2D eigenvalue weighted by Gasteiger charge is -2.28. The fourth-order valence-electron chi connectivity index (χ4n) is 4.84. The number of nitrogens with zero attached hydrogens (tertiary/aromatic N) is 1. The van der Waals surface area contributed by atoms with E-state index in [4.69, 9.17) is 0 Å². The van der Waals surface area contributed by atoms with Crippen molar-refractivity contribution in [3.63, 3.8) is 0 Å². The van der Waals surface area contributed by atoms with Crippen LogP contribution in [0.5, 0.6) is 0 Å². The molecular formula is C19H20Br2N2O3. The van der Waals surface area contributed by atoms with Crippen molar-refractivity contribution < 1.29 is 14.4 Å². The van der Waals surface area contributed by atoms with Crippen LogP contribution in [0.15, 0.2) is 24.3 Å². The van der Waals surface area contributed by atoms with Crippen LogP contribution in [0.2, 0.25) is 0 Å². The summed E-state index contributed by atoms with van der Waals surface area (Å²) in [5.74, 6) is -0.993. The summed E-state index contributed by atoms with van der Waals surface area (Å²) in [7, 11) is 0. The molecule has 7 heteroatoms. The number of amides is 3. The summed E-state index contributed by atoms with van der Waals surface area (Å²) < 4.78 is 0. The summed E-state index contributed by atoms with van der Waals surface area (Å²) in [6, 6.07) is 6.64. The molecule has 1 aromatic carbocycles. The highest BCUT2D eigenvalue weighted by atomic mass is 79.9. The minimum Gasteiger partial charge on any atom is -0.324 e. The molecule has 1 saturated heterocycles. The monoisotopic (exact) mass is 482 g/mol. The Morgan fingerprint density at radius 3 is 2.27 bits per heavy atom. The van der Waals surface area contributed by atoms with Crippen molar-refractivity contribution in [3.05, 3.63) is 29.8 Å². The van der Waals surface area contributed by atoms with Crippen LogP contribution in [0.3, 0.4) is 0 Å². The van der Waals surface area contributed by atoms with Crippen LogP contribution in [0.1, 0.15) is 18.9 Å². The maximum absolute atomic E-state index is 13.0. The number of imide groups is 1. The average molecular weight is 484 g/mol. The minimum absolute atomic E-state index is 0.155. The molecule has 3 amide bonds. The second kappa shape index (κ2) is 6.44. The summed E-state index contributed by atoms with van der Waals surface area (Å²) in [6.07, 6.45) is 0.885. The largest absolute Gasteiger partial charge is 0.324 e. The summed E-state index contributed by atoms with van der Waals surface area (Å²) in [6.45, 7) is 3.57. The number of fused-ring (bicyclic) bond motifs is 5. The number of rotatable bonds is 3. The maximum atomic E-state index is 13.0. The van der Waals surface area contributed by atoms with Gasteiger partial charge >= 0.3 is 0 Å². The van der Waals surface area contributed by atoms with E-state index in [1.165, 1.54) is 4.90 Å². The number of halogens is 2. The van der Waals surface area contributed by atoms with Crippen LogP contribution in [0, 0.1) is 30.6 Å². The van der Waals surface area contributed by atoms with Gasteiger partial charge in [0.15, 0.2) is 0 Å². The van der Waals surface area contributed by atoms with Crippen LogP contribution < -0.4 is 5.32 Å². The first-order valence-corrected chi connectivity index (χ1v) is 10.7. The van der Waals surface area contributed by atoms with Crippen molar-refractivity contribution in [2.75, 3.05) is 5.32 Å². The Morgan fingerprint density at radius 2 is 1.73 bits per heavy atom. The number of benzene rings is 1. The van der Waals surface area contributed by atoms with E-state index in [2.05, 4.69) is 37.2 Å². The first-order chi connectivity index (χ1) is 12.3. The number of carbonyl (C=O) groups is 3. The Hall–Kier alpha value is -1.21. The molecule has 0 radical (unpaired) electrons. The Labute approximate surface area is 169 Å². The molecular weight excluding hydrogens is 464 g/mol. The first-order valence-electron chi connectivity index (χ1n) is 8.84. The van der Waals surface area contributed by atoms with Crippen molar-refractivity contribution in [2.45, 2.75) is 36.0 Å². The molecule has 1 aliphatic heterocycles.